The first kappa shape index (κ1) is 13.6. The molecule has 0 aliphatic heterocycles. The molecule has 0 spiro atoms. The molecule has 0 saturated carbocycles. The van der Waals surface area contributed by atoms with Gasteiger partial charge in [0.25, 0.3) is 0 Å². The molecule has 2 aromatic carbocycles. The maximum atomic E-state index is 14.0. The molecular weight excluding hydrogens is 265 g/mol. The zero-order valence-corrected chi connectivity index (χ0v) is 12.0. The average molecular weight is 281 g/mol. The lowest BCUT2D eigenvalue weighted by atomic mass is 9.97. The first-order valence-corrected chi connectivity index (χ1v) is 6.91. The number of hydrogen-bond donors (Lipinski definition) is 1. The largest absolute Gasteiger partial charge is 0.360 e. The smallest absolute Gasteiger partial charge is 0.169 e. The minimum Gasteiger partial charge on any atom is -0.360 e. The Hall–Kier alpha value is -2.42. The number of Topliss-reactive ketones (excluding diaryl/α,β-unsaturated/α-hetero) is 1. The van der Waals surface area contributed by atoms with Crippen LogP contribution in [0.25, 0.3) is 10.9 Å². The Balaban J connectivity index is 2.00. The van der Waals surface area contributed by atoms with Crippen molar-refractivity contribution in [2.45, 2.75) is 20.3 Å². The average Bonchev–Trinajstić information content (AvgIpc) is 2.88. The zero-order valence-electron chi connectivity index (χ0n) is 12.0. The highest BCUT2D eigenvalue weighted by molar-refractivity contribution is 6.08. The molecule has 0 atom stereocenters. The summed E-state index contributed by atoms with van der Waals surface area (Å²) in [6, 6.07) is 10.8. The zero-order chi connectivity index (χ0) is 15.0. The molecule has 3 aromatic rings. The second-order valence-corrected chi connectivity index (χ2v) is 5.39. The Bertz CT molecular complexity index is 832. The monoisotopic (exact) mass is 281 g/mol. The molecule has 0 aliphatic carbocycles. The fraction of sp³-hybridized carbons (Fsp3) is 0.167. The lowest BCUT2D eigenvalue weighted by molar-refractivity contribution is 0.0994. The van der Waals surface area contributed by atoms with Crippen molar-refractivity contribution in [2.75, 3.05) is 0 Å². The first-order chi connectivity index (χ1) is 10.1. The van der Waals surface area contributed by atoms with Crippen LogP contribution >= 0.6 is 0 Å². The van der Waals surface area contributed by atoms with Gasteiger partial charge in [-0.05, 0) is 37.1 Å². The van der Waals surface area contributed by atoms with Gasteiger partial charge in [-0.3, -0.25) is 4.79 Å². The first-order valence-electron chi connectivity index (χ1n) is 6.91. The van der Waals surface area contributed by atoms with Gasteiger partial charge in [0.2, 0.25) is 0 Å². The topological polar surface area (TPSA) is 32.9 Å². The van der Waals surface area contributed by atoms with E-state index in [1.807, 2.05) is 32.0 Å². The number of H-pyrrole nitrogens is 1. The summed E-state index contributed by atoms with van der Waals surface area (Å²) in [6.07, 6.45) is 1.88. The molecule has 0 saturated heterocycles. The lowest BCUT2D eigenvalue weighted by Gasteiger charge is -2.06. The highest BCUT2D eigenvalue weighted by Crippen LogP contribution is 2.23. The van der Waals surface area contributed by atoms with Crippen LogP contribution < -0.4 is 0 Å². The summed E-state index contributed by atoms with van der Waals surface area (Å²) in [5, 5.41) is 0.382. The van der Waals surface area contributed by atoms with Crippen molar-refractivity contribution in [1.82, 2.24) is 4.98 Å². The number of benzene rings is 2. The quantitative estimate of drug-likeness (QED) is 0.711. The SMILES string of the molecule is Cc1ccc(C)c(CC(=O)c2c[nH]c3cccc(F)c23)c1. The molecule has 2 nitrogen and oxygen atoms in total. The van der Waals surface area contributed by atoms with Crippen LogP contribution in [0.5, 0.6) is 0 Å². The minimum atomic E-state index is -0.363. The molecule has 106 valence electrons. The molecular formula is C18H16FNO. The number of carbonyl (C=O) groups excluding carboxylic acids is 1. The third kappa shape index (κ3) is 2.47. The number of ketones is 1. The Kier molecular flexibility index (Phi) is 3.34. The van der Waals surface area contributed by atoms with E-state index in [1.54, 1.807) is 18.3 Å². The maximum Gasteiger partial charge on any atom is 0.169 e. The van der Waals surface area contributed by atoms with Crippen LogP contribution in [0.4, 0.5) is 4.39 Å². The summed E-state index contributed by atoms with van der Waals surface area (Å²) in [5.74, 6) is -0.432. The number of nitrogens with one attached hydrogen (secondary N) is 1. The van der Waals surface area contributed by atoms with E-state index in [0.29, 0.717) is 16.5 Å². The van der Waals surface area contributed by atoms with Crippen LogP contribution in [0.15, 0.2) is 42.6 Å². The molecule has 3 rings (SSSR count). The fourth-order valence-electron chi connectivity index (χ4n) is 2.62. The van der Waals surface area contributed by atoms with E-state index in [0.717, 1.165) is 16.7 Å². The van der Waals surface area contributed by atoms with E-state index in [9.17, 15) is 9.18 Å². The summed E-state index contributed by atoms with van der Waals surface area (Å²) in [6.45, 7) is 3.98. The van der Waals surface area contributed by atoms with Gasteiger partial charge in [0.1, 0.15) is 5.82 Å². The number of carbonyl (C=O) groups is 1. The fourth-order valence-corrected chi connectivity index (χ4v) is 2.62. The van der Waals surface area contributed by atoms with Crippen molar-refractivity contribution in [3.05, 3.63) is 70.7 Å². The van der Waals surface area contributed by atoms with Gasteiger partial charge in [-0.25, -0.2) is 4.39 Å². The van der Waals surface area contributed by atoms with Crippen molar-refractivity contribution < 1.29 is 9.18 Å². The molecule has 0 bridgehead atoms. The van der Waals surface area contributed by atoms with Gasteiger partial charge in [-0.15, -0.1) is 0 Å². The number of halogens is 1. The van der Waals surface area contributed by atoms with E-state index in [2.05, 4.69) is 4.98 Å². The Morgan fingerprint density at radius 2 is 2.00 bits per heavy atom. The Labute approximate surface area is 122 Å². The van der Waals surface area contributed by atoms with Gasteiger partial charge in [-0.1, -0.05) is 29.8 Å². The predicted octanol–water partition coefficient (Wildman–Crippen LogP) is 4.35. The van der Waals surface area contributed by atoms with Crippen molar-refractivity contribution >= 4 is 16.7 Å². The highest BCUT2D eigenvalue weighted by atomic mass is 19.1. The normalized spacial score (nSPS) is 11.0. The lowest BCUT2D eigenvalue weighted by Crippen LogP contribution is -2.05. The molecule has 0 unspecified atom stereocenters. The van der Waals surface area contributed by atoms with Crippen molar-refractivity contribution in [2.24, 2.45) is 0 Å². The number of fused-ring (bicyclic) bond motifs is 1. The van der Waals surface area contributed by atoms with E-state index < -0.39 is 0 Å². The van der Waals surface area contributed by atoms with Crippen LogP contribution in [-0.4, -0.2) is 10.8 Å². The number of hydrogen-bond acceptors (Lipinski definition) is 1. The van der Waals surface area contributed by atoms with Crippen LogP contribution in [0.1, 0.15) is 27.0 Å². The molecule has 21 heavy (non-hydrogen) atoms. The predicted molar refractivity (Wildman–Crippen MR) is 82.2 cm³/mol. The standard InChI is InChI=1S/C18H16FNO/c1-11-6-7-12(2)13(8-11)9-17(21)14-10-20-16-5-3-4-15(19)18(14)16/h3-8,10,20H,9H2,1-2H3. The molecule has 1 aromatic heterocycles. The highest BCUT2D eigenvalue weighted by Gasteiger charge is 2.16. The van der Waals surface area contributed by atoms with E-state index in [4.69, 9.17) is 0 Å². The summed E-state index contributed by atoms with van der Waals surface area (Å²) >= 11 is 0. The number of aromatic nitrogens is 1. The van der Waals surface area contributed by atoms with Gasteiger partial charge >= 0.3 is 0 Å². The number of rotatable bonds is 3. The van der Waals surface area contributed by atoms with Gasteiger partial charge < -0.3 is 4.98 Å². The number of aromatic amines is 1. The molecule has 0 aliphatic rings. The third-order valence-electron chi connectivity index (χ3n) is 3.81. The summed E-state index contributed by atoms with van der Waals surface area (Å²) in [7, 11) is 0. The second kappa shape index (κ2) is 5.17. The van der Waals surface area contributed by atoms with Crippen molar-refractivity contribution in [1.29, 1.82) is 0 Å². The van der Waals surface area contributed by atoms with Crippen molar-refractivity contribution in [3.8, 4) is 0 Å². The van der Waals surface area contributed by atoms with Gasteiger partial charge in [0, 0.05) is 29.1 Å². The summed E-state index contributed by atoms with van der Waals surface area (Å²) in [5.41, 5.74) is 4.26. The molecule has 1 N–H and O–H groups in total. The van der Waals surface area contributed by atoms with Crippen LogP contribution in [0.3, 0.4) is 0 Å². The number of aryl methyl sites for hydroxylation is 2. The van der Waals surface area contributed by atoms with Crippen LogP contribution in [-0.2, 0) is 6.42 Å². The van der Waals surface area contributed by atoms with E-state index in [1.165, 1.54) is 6.07 Å². The molecule has 0 amide bonds. The summed E-state index contributed by atoms with van der Waals surface area (Å²) in [4.78, 5) is 15.5. The molecule has 1 heterocycles. The van der Waals surface area contributed by atoms with Crippen LogP contribution in [0, 0.1) is 19.7 Å². The van der Waals surface area contributed by atoms with Gasteiger partial charge in [0.05, 0.1) is 0 Å². The van der Waals surface area contributed by atoms with Crippen molar-refractivity contribution in [3.63, 3.8) is 0 Å². The molecule has 0 radical (unpaired) electrons. The minimum absolute atomic E-state index is 0.0694. The molecule has 3 heteroatoms. The van der Waals surface area contributed by atoms with Gasteiger partial charge in [0.15, 0.2) is 5.78 Å². The Morgan fingerprint density at radius 1 is 1.19 bits per heavy atom. The van der Waals surface area contributed by atoms with Gasteiger partial charge in [-0.2, -0.15) is 0 Å². The summed E-state index contributed by atoms with van der Waals surface area (Å²) < 4.78 is 14.0. The second-order valence-electron chi connectivity index (χ2n) is 5.39. The third-order valence-corrected chi connectivity index (χ3v) is 3.81. The maximum absolute atomic E-state index is 14.0. The van der Waals surface area contributed by atoms with E-state index in [-0.39, 0.29) is 18.0 Å². The molecule has 0 fully saturated rings. The Morgan fingerprint density at radius 3 is 2.81 bits per heavy atom. The van der Waals surface area contributed by atoms with Crippen LogP contribution in [0.2, 0.25) is 0 Å². The van der Waals surface area contributed by atoms with E-state index >= 15 is 0 Å².